The minimum Gasteiger partial charge on any atom is -0.490 e. The molecule has 1 aromatic heterocycles. The maximum absolute atomic E-state index is 12.9. The number of nitrogens with zero attached hydrogens (tertiary/aromatic N) is 4. The molecular weight excluding hydrogens is 528 g/mol. The Bertz CT molecular complexity index is 1320. The summed E-state index contributed by atoms with van der Waals surface area (Å²) in [6.45, 7) is 1.40. The van der Waals surface area contributed by atoms with Gasteiger partial charge in [0.05, 0.1) is 18.5 Å². The monoisotopic (exact) mass is 552 g/mol. The predicted octanol–water partition coefficient (Wildman–Crippen LogP) is 0.0381. The smallest absolute Gasteiger partial charge is 0.362 e. The topological polar surface area (TPSA) is 217 Å². The number of aromatic nitrogens is 1. The summed E-state index contributed by atoms with van der Waals surface area (Å²) in [5.41, 5.74) is 12.0. The number of Topliss-reactive ketones (excluding diaryl/α,β-unsaturated/α-hetero) is 1. The van der Waals surface area contributed by atoms with Gasteiger partial charge in [-0.2, -0.15) is 8.42 Å². The van der Waals surface area contributed by atoms with Gasteiger partial charge in [-0.1, -0.05) is 5.16 Å². The van der Waals surface area contributed by atoms with Crippen LogP contribution < -0.4 is 16.2 Å². The Morgan fingerprint density at radius 3 is 2.57 bits per heavy atom. The SMILES string of the molecule is C[C@H]1[C@H](CC(=O)/C(=N\OCCOc2ccc(C(N)=NCC=O)cc2)c2csc(N)n2)C(=O)N1S(=O)(=O)O. The molecular formula is C21H24N6O8S2. The number of aliphatic imine (C=N–C) groups is 1. The molecule has 1 amide bonds. The molecule has 1 aromatic carbocycles. The van der Waals surface area contributed by atoms with Crippen molar-refractivity contribution in [1.29, 1.82) is 0 Å². The van der Waals surface area contributed by atoms with Gasteiger partial charge in [-0.15, -0.1) is 11.3 Å². The Labute approximate surface area is 215 Å². The van der Waals surface area contributed by atoms with E-state index in [1.165, 1.54) is 12.3 Å². The van der Waals surface area contributed by atoms with E-state index in [0.29, 0.717) is 21.9 Å². The molecule has 2 aromatic rings. The number of oxime groups is 1. The quantitative estimate of drug-likeness (QED) is 0.0573. The molecule has 16 heteroatoms. The van der Waals surface area contributed by atoms with E-state index in [4.69, 9.17) is 25.6 Å². The number of ketones is 1. The lowest BCUT2D eigenvalue weighted by Gasteiger charge is -2.41. The van der Waals surface area contributed by atoms with Gasteiger partial charge in [0, 0.05) is 17.4 Å². The number of amides is 1. The fourth-order valence-electron chi connectivity index (χ4n) is 3.42. The number of β-lactam (4-membered cyclic amide) rings is 1. The van der Waals surface area contributed by atoms with E-state index >= 15 is 0 Å². The number of thiazole rings is 1. The number of rotatable bonds is 13. The highest BCUT2D eigenvalue weighted by molar-refractivity contribution is 7.84. The molecule has 3 rings (SSSR count). The van der Waals surface area contributed by atoms with Crippen LogP contribution in [0.4, 0.5) is 5.13 Å². The molecule has 198 valence electrons. The maximum atomic E-state index is 12.9. The first-order valence-corrected chi connectivity index (χ1v) is 13.0. The van der Waals surface area contributed by atoms with Gasteiger partial charge in [-0.3, -0.25) is 19.1 Å². The Hall–Kier alpha value is -3.89. The van der Waals surface area contributed by atoms with Crippen molar-refractivity contribution < 1.29 is 36.9 Å². The first-order valence-electron chi connectivity index (χ1n) is 10.7. The van der Waals surface area contributed by atoms with Crippen LogP contribution >= 0.6 is 11.3 Å². The number of hydrogen-bond donors (Lipinski definition) is 3. The zero-order valence-corrected chi connectivity index (χ0v) is 21.1. The van der Waals surface area contributed by atoms with Crippen molar-refractivity contribution in [2.75, 3.05) is 25.5 Å². The van der Waals surface area contributed by atoms with Crippen molar-refractivity contribution in [1.82, 2.24) is 9.29 Å². The van der Waals surface area contributed by atoms with Crippen LogP contribution in [0.5, 0.6) is 5.75 Å². The lowest BCUT2D eigenvalue weighted by Crippen LogP contribution is -2.62. The van der Waals surface area contributed by atoms with Crippen molar-refractivity contribution >= 4 is 56.3 Å². The second-order valence-corrected chi connectivity index (χ2v) is 9.87. The Morgan fingerprint density at radius 1 is 1.30 bits per heavy atom. The first-order chi connectivity index (χ1) is 17.5. The average Bonchev–Trinajstić information content (AvgIpc) is 3.28. The van der Waals surface area contributed by atoms with Crippen LogP contribution in [0.2, 0.25) is 0 Å². The van der Waals surface area contributed by atoms with Crippen molar-refractivity contribution in [3.05, 3.63) is 40.9 Å². The van der Waals surface area contributed by atoms with Crippen molar-refractivity contribution in [2.24, 2.45) is 21.8 Å². The van der Waals surface area contributed by atoms with Crippen LogP contribution in [0.1, 0.15) is 24.6 Å². The maximum Gasteiger partial charge on any atom is 0.362 e. The van der Waals surface area contributed by atoms with Crippen LogP contribution in [-0.4, -0.2) is 77.6 Å². The number of nitrogens with two attached hydrogens (primary N) is 2. The van der Waals surface area contributed by atoms with E-state index in [1.807, 2.05) is 0 Å². The molecule has 0 saturated carbocycles. The van der Waals surface area contributed by atoms with Gasteiger partial charge < -0.3 is 25.8 Å². The zero-order chi connectivity index (χ0) is 27.2. The molecule has 1 saturated heterocycles. The van der Waals surface area contributed by atoms with E-state index in [2.05, 4.69) is 15.1 Å². The summed E-state index contributed by atoms with van der Waals surface area (Å²) >= 11 is 1.07. The van der Waals surface area contributed by atoms with Gasteiger partial charge >= 0.3 is 10.3 Å². The molecule has 0 unspecified atom stereocenters. The number of aldehydes is 1. The zero-order valence-electron chi connectivity index (χ0n) is 19.5. The van der Waals surface area contributed by atoms with Crippen LogP contribution in [0.25, 0.3) is 0 Å². The number of hydrogen-bond acceptors (Lipinski definition) is 12. The van der Waals surface area contributed by atoms with Crippen LogP contribution in [0.15, 0.2) is 39.8 Å². The lowest BCUT2D eigenvalue weighted by molar-refractivity contribution is -0.147. The molecule has 5 N–H and O–H groups in total. The number of benzene rings is 1. The lowest BCUT2D eigenvalue weighted by atomic mass is 9.86. The van der Waals surface area contributed by atoms with Crippen LogP contribution in [-0.2, 0) is 29.5 Å². The van der Waals surface area contributed by atoms with Crippen LogP contribution in [0.3, 0.4) is 0 Å². The molecule has 1 aliphatic rings. The van der Waals surface area contributed by atoms with Gasteiger partial charge in [0.1, 0.15) is 30.2 Å². The summed E-state index contributed by atoms with van der Waals surface area (Å²) in [6, 6.07) is 5.75. The predicted molar refractivity (Wildman–Crippen MR) is 134 cm³/mol. The summed E-state index contributed by atoms with van der Waals surface area (Å²) in [4.78, 5) is 48.6. The summed E-state index contributed by atoms with van der Waals surface area (Å²) in [6.07, 6.45) is 0.271. The number of nitrogen functional groups attached to an aromatic ring is 1. The Balaban J connectivity index is 1.59. The number of carbonyl (C=O) groups excluding carboxylic acids is 3. The minimum atomic E-state index is -4.70. The average molecular weight is 553 g/mol. The first kappa shape index (κ1) is 27.7. The number of ether oxygens (including phenoxy) is 1. The number of anilines is 1. The fourth-order valence-corrected chi connectivity index (χ4v) is 4.90. The summed E-state index contributed by atoms with van der Waals surface area (Å²) < 4.78 is 37.6. The molecule has 14 nitrogen and oxygen atoms in total. The normalized spacial score (nSPS) is 18.3. The Kier molecular flexibility index (Phi) is 8.90. The molecule has 0 radical (unpaired) electrons. The van der Waals surface area contributed by atoms with Crippen LogP contribution in [0, 0.1) is 5.92 Å². The molecule has 0 aliphatic carbocycles. The van der Waals surface area contributed by atoms with Gasteiger partial charge in [0.15, 0.2) is 23.2 Å². The molecule has 0 spiro atoms. The number of carbonyl (C=O) groups is 3. The molecule has 1 aliphatic heterocycles. The van der Waals surface area contributed by atoms with E-state index in [-0.39, 0.29) is 48.6 Å². The largest absolute Gasteiger partial charge is 0.490 e. The highest BCUT2D eigenvalue weighted by Crippen LogP contribution is 2.32. The second kappa shape index (κ2) is 11.9. The van der Waals surface area contributed by atoms with Crippen molar-refractivity contribution in [2.45, 2.75) is 19.4 Å². The van der Waals surface area contributed by atoms with Crippen molar-refractivity contribution in [3.63, 3.8) is 0 Å². The fraction of sp³-hybridized carbons (Fsp3) is 0.333. The van der Waals surface area contributed by atoms with Gasteiger partial charge in [0.2, 0.25) is 5.91 Å². The summed E-state index contributed by atoms with van der Waals surface area (Å²) in [5.74, 6) is -1.74. The van der Waals surface area contributed by atoms with Gasteiger partial charge in [0.25, 0.3) is 0 Å². The number of amidine groups is 1. The summed E-state index contributed by atoms with van der Waals surface area (Å²) in [5, 5.41) is 5.54. The second-order valence-electron chi connectivity index (χ2n) is 7.70. The molecule has 1 fully saturated rings. The standard InChI is InChI=1S/C21H24N6O8S2/c1-12-15(20(30)27(12)37(31,32)33)10-17(29)18(16-11-36-21(23)25-16)26-35-9-8-34-14-4-2-13(3-5-14)19(22)24-6-7-28/h2-5,7,11-12,15H,6,8-10H2,1H3,(H2,22,24)(H2,23,25)(H,31,32,33)/b26-18-/t12-,15-/m0/s1. The van der Waals surface area contributed by atoms with E-state index in [9.17, 15) is 22.8 Å². The third-order valence-corrected chi connectivity index (χ3v) is 6.94. The molecule has 2 heterocycles. The van der Waals surface area contributed by atoms with E-state index < -0.39 is 34.0 Å². The molecule has 2 atom stereocenters. The van der Waals surface area contributed by atoms with Gasteiger partial charge in [-0.05, 0) is 31.2 Å². The highest BCUT2D eigenvalue weighted by Gasteiger charge is 2.51. The molecule has 37 heavy (non-hydrogen) atoms. The summed E-state index contributed by atoms with van der Waals surface area (Å²) in [7, 11) is -4.70. The highest BCUT2D eigenvalue weighted by atomic mass is 32.2. The van der Waals surface area contributed by atoms with Gasteiger partial charge in [-0.25, -0.2) is 9.29 Å². The third-order valence-electron chi connectivity index (χ3n) is 5.25. The Morgan fingerprint density at radius 2 is 2.00 bits per heavy atom. The van der Waals surface area contributed by atoms with Crippen molar-refractivity contribution in [3.8, 4) is 5.75 Å². The van der Waals surface area contributed by atoms with E-state index in [1.54, 1.807) is 24.3 Å². The van der Waals surface area contributed by atoms with E-state index in [0.717, 1.165) is 11.3 Å². The third kappa shape index (κ3) is 6.87. The minimum absolute atomic E-state index is 0.0288. The molecule has 0 bridgehead atoms.